The van der Waals surface area contributed by atoms with Crippen molar-refractivity contribution in [3.05, 3.63) is 15.9 Å². The summed E-state index contributed by atoms with van der Waals surface area (Å²) in [7, 11) is -3.51. The number of rotatable bonds is 5. The summed E-state index contributed by atoms with van der Waals surface area (Å²) in [6.45, 7) is 3.84. The van der Waals surface area contributed by atoms with E-state index in [-0.39, 0.29) is 23.1 Å². The van der Waals surface area contributed by atoms with Crippen molar-refractivity contribution in [3.63, 3.8) is 0 Å². The molecule has 0 spiro atoms. The van der Waals surface area contributed by atoms with E-state index in [0.29, 0.717) is 5.92 Å². The SMILES string of the molecule is CC1CCCN(C(=O)CCNS(=O)(=O)c2ccc(Br)s2)C1. The van der Waals surface area contributed by atoms with E-state index in [9.17, 15) is 13.2 Å². The van der Waals surface area contributed by atoms with Gasteiger partial charge in [-0.3, -0.25) is 4.79 Å². The Morgan fingerprint density at radius 2 is 2.29 bits per heavy atom. The maximum atomic E-state index is 12.1. The maximum absolute atomic E-state index is 12.1. The lowest BCUT2D eigenvalue weighted by atomic mass is 10.0. The molecule has 1 aromatic rings. The molecule has 2 rings (SSSR count). The van der Waals surface area contributed by atoms with E-state index in [1.165, 1.54) is 0 Å². The van der Waals surface area contributed by atoms with Gasteiger partial charge in [0, 0.05) is 26.1 Å². The van der Waals surface area contributed by atoms with E-state index in [1.807, 2.05) is 4.90 Å². The highest BCUT2D eigenvalue weighted by Gasteiger charge is 2.21. The number of sulfonamides is 1. The molecule has 1 aliphatic heterocycles. The second-order valence-corrected chi connectivity index (χ2v) is 9.75. The lowest BCUT2D eigenvalue weighted by Gasteiger charge is -2.31. The Kier molecular flexibility index (Phi) is 5.81. The molecule has 1 amide bonds. The lowest BCUT2D eigenvalue weighted by Crippen LogP contribution is -2.40. The summed E-state index contributed by atoms with van der Waals surface area (Å²) >= 11 is 4.39. The van der Waals surface area contributed by atoms with E-state index in [4.69, 9.17) is 0 Å². The minimum absolute atomic E-state index is 0.0246. The van der Waals surface area contributed by atoms with Crippen molar-refractivity contribution in [2.75, 3.05) is 19.6 Å². The molecule has 1 N–H and O–H groups in total. The van der Waals surface area contributed by atoms with Gasteiger partial charge in [0.25, 0.3) is 0 Å². The number of hydrogen-bond acceptors (Lipinski definition) is 4. The Hall–Kier alpha value is -0.440. The van der Waals surface area contributed by atoms with Gasteiger partial charge in [0.1, 0.15) is 4.21 Å². The van der Waals surface area contributed by atoms with Gasteiger partial charge in [-0.2, -0.15) is 0 Å². The number of likely N-dealkylation sites (tertiary alicyclic amines) is 1. The molecule has 1 aromatic heterocycles. The normalized spacial score (nSPS) is 19.7. The van der Waals surface area contributed by atoms with Crippen LogP contribution in [0.1, 0.15) is 26.2 Å². The van der Waals surface area contributed by atoms with Crippen LogP contribution in [0, 0.1) is 5.92 Å². The van der Waals surface area contributed by atoms with E-state index >= 15 is 0 Å². The molecular weight excluding hydrogens is 376 g/mol. The molecule has 0 aliphatic carbocycles. The maximum Gasteiger partial charge on any atom is 0.250 e. The molecule has 0 bridgehead atoms. The fourth-order valence-corrected chi connectivity index (χ4v) is 5.47. The van der Waals surface area contributed by atoms with Crippen molar-refractivity contribution >= 4 is 43.2 Å². The van der Waals surface area contributed by atoms with Crippen LogP contribution >= 0.6 is 27.3 Å². The number of halogens is 1. The van der Waals surface area contributed by atoms with Gasteiger partial charge in [-0.1, -0.05) is 6.92 Å². The summed E-state index contributed by atoms with van der Waals surface area (Å²) in [6.07, 6.45) is 2.39. The summed E-state index contributed by atoms with van der Waals surface area (Å²) in [6, 6.07) is 3.24. The van der Waals surface area contributed by atoms with Crippen molar-refractivity contribution in [1.82, 2.24) is 9.62 Å². The molecule has 1 unspecified atom stereocenters. The molecule has 1 fully saturated rings. The smallest absolute Gasteiger partial charge is 0.250 e. The molecule has 5 nitrogen and oxygen atoms in total. The number of nitrogens with one attached hydrogen (secondary N) is 1. The summed E-state index contributed by atoms with van der Waals surface area (Å²) in [5, 5.41) is 0. The van der Waals surface area contributed by atoms with Crippen molar-refractivity contribution in [2.45, 2.75) is 30.4 Å². The zero-order valence-electron chi connectivity index (χ0n) is 11.8. The van der Waals surface area contributed by atoms with Crippen molar-refractivity contribution in [2.24, 2.45) is 5.92 Å². The van der Waals surface area contributed by atoms with Gasteiger partial charge in [0.15, 0.2) is 0 Å². The summed E-state index contributed by atoms with van der Waals surface area (Å²) in [4.78, 5) is 13.9. The molecule has 1 aliphatic rings. The number of nitrogens with zero attached hydrogens (tertiary/aromatic N) is 1. The number of thiophene rings is 1. The first-order valence-corrected chi connectivity index (χ1v) is 10.0. The number of amides is 1. The van der Waals surface area contributed by atoms with Crippen LogP contribution in [0.15, 0.2) is 20.1 Å². The standard InChI is InChI=1S/C13H19BrN2O3S2/c1-10-3-2-8-16(9-10)12(17)6-7-15-21(18,19)13-5-4-11(14)20-13/h4-5,10,15H,2-3,6-9H2,1H3. The predicted octanol–water partition coefficient (Wildman–Crippen LogP) is 2.44. The summed E-state index contributed by atoms with van der Waals surface area (Å²) < 4.78 is 27.5. The largest absolute Gasteiger partial charge is 0.342 e. The predicted molar refractivity (Wildman–Crippen MR) is 86.8 cm³/mol. The van der Waals surface area contributed by atoms with Crippen LogP contribution in [-0.2, 0) is 14.8 Å². The quantitative estimate of drug-likeness (QED) is 0.833. The third kappa shape index (κ3) is 4.77. The van der Waals surface area contributed by atoms with Crippen LogP contribution in [0.2, 0.25) is 0 Å². The highest BCUT2D eigenvalue weighted by atomic mass is 79.9. The van der Waals surface area contributed by atoms with Gasteiger partial charge in [0.05, 0.1) is 3.79 Å². The van der Waals surface area contributed by atoms with Crippen LogP contribution in [0.5, 0.6) is 0 Å². The van der Waals surface area contributed by atoms with Gasteiger partial charge in [-0.15, -0.1) is 11.3 Å². The first kappa shape index (κ1) is 16.9. The molecular formula is C13H19BrN2O3S2. The molecule has 118 valence electrons. The first-order chi connectivity index (χ1) is 9.88. The molecule has 0 saturated carbocycles. The number of carbonyl (C=O) groups excluding carboxylic acids is 1. The highest BCUT2D eigenvalue weighted by Crippen LogP contribution is 2.25. The van der Waals surface area contributed by atoms with Crippen LogP contribution in [0.3, 0.4) is 0 Å². The fourth-order valence-electron chi connectivity index (χ4n) is 2.38. The second kappa shape index (κ2) is 7.21. The average Bonchev–Trinajstić information content (AvgIpc) is 2.86. The highest BCUT2D eigenvalue weighted by molar-refractivity contribution is 9.11. The molecule has 0 aromatic carbocycles. The summed E-state index contributed by atoms with van der Waals surface area (Å²) in [5.74, 6) is 0.555. The zero-order chi connectivity index (χ0) is 15.5. The van der Waals surface area contributed by atoms with E-state index in [0.717, 1.165) is 41.1 Å². The van der Waals surface area contributed by atoms with Crippen molar-refractivity contribution in [3.8, 4) is 0 Å². The number of carbonyl (C=O) groups is 1. The molecule has 0 radical (unpaired) electrons. The Morgan fingerprint density at radius 3 is 2.90 bits per heavy atom. The molecule has 8 heteroatoms. The molecule has 21 heavy (non-hydrogen) atoms. The minimum atomic E-state index is -3.51. The molecule has 1 atom stereocenters. The molecule has 2 heterocycles. The molecule has 1 saturated heterocycles. The Balaban J connectivity index is 1.82. The van der Waals surface area contributed by atoms with Gasteiger partial charge in [0.2, 0.25) is 15.9 Å². The Bertz CT molecular complexity index is 600. The van der Waals surface area contributed by atoms with Crippen LogP contribution in [0.25, 0.3) is 0 Å². The zero-order valence-corrected chi connectivity index (χ0v) is 15.1. The van der Waals surface area contributed by atoms with Crippen molar-refractivity contribution in [1.29, 1.82) is 0 Å². The third-order valence-corrected chi connectivity index (χ3v) is 7.03. The van der Waals surface area contributed by atoms with E-state index in [1.54, 1.807) is 12.1 Å². The fraction of sp³-hybridized carbons (Fsp3) is 0.615. The van der Waals surface area contributed by atoms with Crippen LogP contribution in [-0.4, -0.2) is 38.9 Å². The van der Waals surface area contributed by atoms with Gasteiger partial charge < -0.3 is 4.90 Å². The van der Waals surface area contributed by atoms with Crippen LogP contribution < -0.4 is 4.72 Å². The Morgan fingerprint density at radius 1 is 1.52 bits per heavy atom. The average molecular weight is 395 g/mol. The first-order valence-electron chi connectivity index (χ1n) is 6.91. The van der Waals surface area contributed by atoms with Crippen molar-refractivity contribution < 1.29 is 13.2 Å². The second-order valence-electron chi connectivity index (χ2n) is 5.29. The lowest BCUT2D eigenvalue weighted by molar-refractivity contribution is -0.132. The Labute approximate surface area is 137 Å². The third-order valence-electron chi connectivity index (χ3n) is 3.45. The van der Waals surface area contributed by atoms with E-state index < -0.39 is 10.0 Å². The number of piperidine rings is 1. The monoisotopic (exact) mass is 394 g/mol. The van der Waals surface area contributed by atoms with Gasteiger partial charge >= 0.3 is 0 Å². The minimum Gasteiger partial charge on any atom is -0.342 e. The van der Waals surface area contributed by atoms with Gasteiger partial charge in [-0.25, -0.2) is 13.1 Å². The van der Waals surface area contributed by atoms with Crippen LogP contribution in [0.4, 0.5) is 0 Å². The number of hydrogen-bond donors (Lipinski definition) is 1. The summed E-state index contributed by atoms with van der Waals surface area (Å²) in [5.41, 5.74) is 0. The van der Waals surface area contributed by atoms with Gasteiger partial charge in [-0.05, 0) is 46.8 Å². The topological polar surface area (TPSA) is 66.5 Å². The van der Waals surface area contributed by atoms with E-state index in [2.05, 4.69) is 27.6 Å².